The Morgan fingerprint density at radius 3 is 2.50 bits per heavy atom. The molecule has 0 aliphatic carbocycles. The van der Waals surface area contributed by atoms with Crippen molar-refractivity contribution >= 4 is 23.2 Å². The molecule has 0 saturated heterocycles. The van der Waals surface area contributed by atoms with Gasteiger partial charge in [0.15, 0.2) is 0 Å². The van der Waals surface area contributed by atoms with Gasteiger partial charge in [0.2, 0.25) is 0 Å². The predicted octanol–water partition coefficient (Wildman–Crippen LogP) is 3.84. The van der Waals surface area contributed by atoms with Crippen molar-refractivity contribution in [1.82, 2.24) is 4.98 Å². The van der Waals surface area contributed by atoms with E-state index in [0.717, 1.165) is 5.69 Å². The van der Waals surface area contributed by atoms with Crippen LogP contribution in [0.2, 0.25) is 10.0 Å². The summed E-state index contributed by atoms with van der Waals surface area (Å²) in [4.78, 5) is 4.13. The van der Waals surface area contributed by atoms with Crippen molar-refractivity contribution in [1.29, 1.82) is 5.26 Å². The van der Waals surface area contributed by atoms with Crippen LogP contribution < -0.4 is 4.74 Å². The van der Waals surface area contributed by atoms with Crippen LogP contribution in [-0.2, 0) is 6.61 Å². The summed E-state index contributed by atoms with van der Waals surface area (Å²) in [6.07, 6.45) is 1.69. The maximum atomic E-state index is 8.83. The molecule has 0 atom stereocenters. The number of hydrogen-bond donors (Lipinski definition) is 0. The number of rotatable bonds is 3. The Hall–Kier alpha value is -1.76. The van der Waals surface area contributed by atoms with E-state index in [9.17, 15) is 0 Å². The van der Waals surface area contributed by atoms with Gasteiger partial charge < -0.3 is 4.74 Å². The van der Waals surface area contributed by atoms with E-state index in [1.54, 1.807) is 18.3 Å². The van der Waals surface area contributed by atoms with E-state index in [4.69, 9.17) is 33.2 Å². The SMILES string of the molecule is N#Cc1c(Cl)cc(OCc2ccccn2)cc1Cl. The molecule has 0 aliphatic heterocycles. The summed E-state index contributed by atoms with van der Waals surface area (Å²) in [5.74, 6) is 0.509. The van der Waals surface area contributed by atoms with E-state index in [0.29, 0.717) is 12.4 Å². The summed E-state index contributed by atoms with van der Waals surface area (Å²) in [7, 11) is 0. The lowest BCUT2D eigenvalue weighted by Crippen LogP contribution is -1.98. The number of aromatic nitrogens is 1. The smallest absolute Gasteiger partial charge is 0.130 e. The first kappa shape index (κ1) is 12.7. The third-order valence-corrected chi connectivity index (χ3v) is 2.84. The Morgan fingerprint density at radius 1 is 1.22 bits per heavy atom. The topological polar surface area (TPSA) is 45.9 Å². The fraction of sp³-hybridized carbons (Fsp3) is 0.0769. The van der Waals surface area contributed by atoms with Crippen molar-refractivity contribution in [3.63, 3.8) is 0 Å². The van der Waals surface area contributed by atoms with Crippen LogP contribution in [0.25, 0.3) is 0 Å². The summed E-state index contributed by atoms with van der Waals surface area (Å²) in [5.41, 5.74) is 1.05. The summed E-state index contributed by atoms with van der Waals surface area (Å²) in [6, 6.07) is 10.6. The minimum absolute atomic E-state index is 0.253. The van der Waals surface area contributed by atoms with Gasteiger partial charge in [0, 0.05) is 18.3 Å². The van der Waals surface area contributed by atoms with Crippen molar-refractivity contribution < 1.29 is 4.74 Å². The second-order valence-electron chi connectivity index (χ2n) is 3.48. The van der Waals surface area contributed by atoms with Gasteiger partial charge >= 0.3 is 0 Å². The van der Waals surface area contributed by atoms with Crippen LogP contribution in [0.15, 0.2) is 36.5 Å². The van der Waals surface area contributed by atoms with Gasteiger partial charge in [-0.25, -0.2) is 0 Å². The van der Waals surface area contributed by atoms with Gasteiger partial charge in [0.25, 0.3) is 0 Å². The first-order chi connectivity index (χ1) is 8.70. The molecule has 0 amide bonds. The van der Waals surface area contributed by atoms with E-state index in [2.05, 4.69) is 4.98 Å². The number of benzene rings is 1. The Kier molecular flexibility index (Phi) is 4.03. The summed E-state index contributed by atoms with van der Waals surface area (Å²) in [6.45, 7) is 0.319. The highest BCUT2D eigenvalue weighted by atomic mass is 35.5. The van der Waals surface area contributed by atoms with Gasteiger partial charge in [-0.3, -0.25) is 4.98 Å². The molecule has 5 heteroatoms. The first-order valence-electron chi connectivity index (χ1n) is 5.12. The van der Waals surface area contributed by atoms with Crippen LogP contribution in [0, 0.1) is 11.3 Å². The normalized spacial score (nSPS) is 9.83. The number of pyridine rings is 1. The largest absolute Gasteiger partial charge is 0.487 e. The van der Waals surface area contributed by atoms with Crippen LogP contribution in [-0.4, -0.2) is 4.98 Å². The van der Waals surface area contributed by atoms with Gasteiger partial charge in [-0.05, 0) is 12.1 Å². The summed E-state index contributed by atoms with van der Waals surface area (Å²) in [5, 5.41) is 9.39. The zero-order valence-corrected chi connectivity index (χ0v) is 10.7. The van der Waals surface area contributed by atoms with Crippen LogP contribution in [0.5, 0.6) is 5.75 Å². The minimum Gasteiger partial charge on any atom is -0.487 e. The maximum absolute atomic E-state index is 8.83. The average molecular weight is 279 g/mol. The van der Waals surface area contributed by atoms with E-state index in [-0.39, 0.29) is 15.6 Å². The molecule has 0 saturated carbocycles. The van der Waals surface area contributed by atoms with Crippen molar-refractivity contribution in [3.05, 3.63) is 57.8 Å². The molecule has 1 heterocycles. The van der Waals surface area contributed by atoms with Crippen LogP contribution in [0.4, 0.5) is 0 Å². The molecule has 0 radical (unpaired) electrons. The monoisotopic (exact) mass is 278 g/mol. The fourth-order valence-electron chi connectivity index (χ4n) is 1.38. The van der Waals surface area contributed by atoms with Crippen LogP contribution >= 0.6 is 23.2 Å². The van der Waals surface area contributed by atoms with Gasteiger partial charge in [-0.1, -0.05) is 29.3 Å². The Bertz CT molecular complexity index is 571. The number of nitriles is 1. The van der Waals surface area contributed by atoms with Crippen molar-refractivity contribution in [2.24, 2.45) is 0 Å². The Labute approximate surface area is 115 Å². The maximum Gasteiger partial charge on any atom is 0.130 e. The van der Waals surface area contributed by atoms with Crippen LogP contribution in [0.3, 0.4) is 0 Å². The highest BCUT2D eigenvalue weighted by molar-refractivity contribution is 6.36. The molecular weight excluding hydrogens is 271 g/mol. The first-order valence-corrected chi connectivity index (χ1v) is 5.88. The van der Waals surface area contributed by atoms with E-state index in [1.165, 1.54) is 0 Å². The third-order valence-electron chi connectivity index (χ3n) is 2.24. The molecule has 18 heavy (non-hydrogen) atoms. The van der Waals surface area contributed by atoms with Gasteiger partial charge in [-0.15, -0.1) is 0 Å². The third kappa shape index (κ3) is 2.92. The molecule has 2 rings (SSSR count). The number of ether oxygens (including phenoxy) is 1. The van der Waals surface area contributed by atoms with Gasteiger partial charge in [-0.2, -0.15) is 5.26 Å². The van der Waals surface area contributed by atoms with Gasteiger partial charge in [0.05, 0.1) is 21.3 Å². The standard InChI is InChI=1S/C13H8Cl2N2O/c14-12-5-10(6-13(15)11(12)7-16)18-8-9-3-1-2-4-17-9/h1-6H,8H2. The quantitative estimate of drug-likeness (QED) is 0.857. The summed E-state index contributed by atoms with van der Waals surface area (Å²) >= 11 is 11.8. The lowest BCUT2D eigenvalue weighted by molar-refractivity contribution is 0.301. The lowest BCUT2D eigenvalue weighted by atomic mass is 10.2. The van der Waals surface area contributed by atoms with E-state index in [1.807, 2.05) is 24.3 Å². The molecule has 0 spiro atoms. The van der Waals surface area contributed by atoms with Crippen molar-refractivity contribution in [3.8, 4) is 11.8 Å². The highest BCUT2D eigenvalue weighted by Crippen LogP contribution is 2.29. The van der Waals surface area contributed by atoms with Crippen molar-refractivity contribution in [2.75, 3.05) is 0 Å². The van der Waals surface area contributed by atoms with Gasteiger partial charge in [0.1, 0.15) is 18.4 Å². The second-order valence-corrected chi connectivity index (χ2v) is 4.30. The molecule has 0 bridgehead atoms. The fourth-order valence-corrected chi connectivity index (χ4v) is 1.93. The molecule has 2 aromatic rings. The number of hydrogen-bond acceptors (Lipinski definition) is 3. The lowest BCUT2D eigenvalue weighted by Gasteiger charge is -2.07. The second kappa shape index (κ2) is 5.72. The number of halogens is 2. The van der Waals surface area contributed by atoms with Crippen molar-refractivity contribution in [2.45, 2.75) is 6.61 Å². The minimum atomic E-state index is 0.253. The zero-order chi connectivity index (χ0) is 13.0. The highest BCUT2D eigenvalue weighted by Gasteiger charge is 2.08. The van der Waals surface area contributed by atoms with E-state index >= 15 is 0 Å². The van der Waals surface area contributed by atoms with Crippen LogP contribution in [0.1, 0.15) is 11.3 Å². The van der Waals surface area contributed by atoms with E-state index < -0.39 is 0 Å². The molecule has 1 aromatic carbocycles. The predicted molar refractivity (Wildman–Crippen MR) is 69.7 cm³/mol. The molecule has 3 nitrogen and oxygen atoms in total. The average Bonchev–Trinajstić information content (AvgIpc) is 2.37. The molecule has 0 unspecified atom stereocenters. The molecular formula is C13H8Cl2N2O. The molecule has 1 aromatic heterocycles. The molecule has 90 valence electrons. The Morgan fingerprint density at radius 2 is 1.94 bits per heavy atom. The zero-order valence-electron chi connectivity index (χ0n) is 9.23. The Balaban J connectivity index is 2.14. The molecule has 0 N–H and O–H groups in total. The molecule has 0 fully saturated rings. The number of nitrogens with zero attached hydrogens (tertiary/aromatic N) is 2. The molecule has 0 aliphatic rings. The summed E-state index contributed by atoms with van der Waals surface area (Å²) < 4.78 is 5.51.